The minimum Gasteiger partial charge on any atom is -0.485 e. The molecule has 1 rings (SSSR count). The Hall–Kier alpha value is -1.34. The molecule has 0 N–H and O–H groups in total. The number of carbonyl (C=O) groups is 1. The minimum absolute atomic E-state index is 0.255. The first-order valence-electron chi connectivity index (χ1n) is 2.41. The Morgan fingerprint density at radius 1 is 1.78 bits per heavy atom. The first-order valence-corrected chi connectivity index (χ1v) is 2.41. The zero-order valence-electron chi connectivity index (χ0n) is 4.53. The van der Waals surface area contributed by atoms with Crippen LogP contribution < -0.4 is 0 Å². The second-order valence-corrected chi connectivity index (χ2v) is 1.55. The Balaban J connectivity index is 2.83. The highest BCUT2D eigenvalue weighted by Gasteiger charge is 2.16. The normalized spacial score (nSPS) is 23.1. The summed E-state index contributed by atoms with van der Waals surface area (Å²) < 4.78 is 4.66. The molecule has 0 saturated heterocycles. The third kappa shape index (κ3) is 0.902. The van der Waals surface area contributed by atoms with Gasteiger partial charge in [0.15, 0.2) is 12.4 Å². The van der Waals surface area contributed by atoms with Gasteiger partial charge in [0.25, 0.3) is 0 Å². The van der Waals surface area contributed by atoms with Crippen molar-refractivity contribution in [1.29, 1.82) is 0 Å². The SMILES string of the molecule is O=C=C1C=COC1C=O. The van der Waals surface area contributed by atoms with Gasteiger partial charge in [-0.15, -0.1) is 0 Å². The summed E-state index contributed by atoms with van der Waals surface area (Å²) in [5, 5.41) is 0. The van der Waals surface area contributed by atoms with E-state index in [4.69, 9.17) is 0 Å². The molecule has 0 saturated carbocycles. The number of carbonyl (C=O) groups excluding carboxylic acids is 2. The predicted octanol–water partition coefficient (Wildman–Crippen LogP) is -0.144. The lowest BCUT2D eigenvalue weighted by atomic mass is 10.2. The molecule has 0 bridgehead atoms. The van der Waals surface area contributed by atoms with E-state index >= 15 is 0 Å². The standard InChI is InChI=1S/C6H4O3/c7-3-5-1-2-9-6(5)4-8/h1-2,4,6H. The minimum atomic E-state index is -0.720. The van der Waals surface area contributed by atoms with E-state index in [1.807, 2.05) is 0 Å². The van der Waals surface area contributed by atoms with Gasteiger partial charge in [-0.25, -0.2) is 4.79 Å². The van der Waals surface area contributed by atoms with E-state index in [0.29, 0.717) is 6.29 Å². The van der Waals surface area contributed by atoms with Gasteiger partial charge in [0, 0.05) is 0 Å². The molecule has 3 nitrogen and oxygen atoms in total. The molecule has 1 unspecified atom stereocenters. The summed E-state index contributed by atoms with van der Waals surface area (Å²) in [4.78, 5) is 19.9. The van der Waals surface area contributed by atoms with Gasteiger partial charge in [0.05, 0.1) is 11.8 Å². The molecule has 1 aliphatic heterocycles. The van der Waals surface area contributed by atoms with E-state index in [2.05, 4.69) is 4.74 Å². The quantitative estimate of drug-likeness (QED) is 0.361. The molecule has 1 aliphatic rings. The van der Waals surface area contributed by atoms with E-state index in [-0.39, 0.29) is 5.57 Å². The molecule has 46 valence electrons. The second kappa shape index (κ2) is 2.29. The van der Waals surface area contributed by atoms with Crippen molar-refractivity contribution < 1.29 is 14.3 Å². The highest BCUT2D eigenvalue weighted by Crippen LogP contribution is 2.10. The molecule has 0 fully saturated rings. The lowest BCUT2D eigenvalue weighted by Crippen LogP contribution is -2.08. The molecular weight excluding hydrogens is 120 g/mol. The van der Waals surface area contributed by atoms with Crippen LogP contribution in [-0.4, -0.2) is 18.3 Å². The van der Waals surface area contributed by atoms with Crippen LogP contribution in [0.15, 0.2) is 17.9 Å². The number of hydrogen-bond donors (Lipinski definition) is 0. The molecule has 1 heterocycles. The van der Waals surface area contributed by atoms with Crippen LogP contribution in [0.4, 0.5) is 0 Å². The smallest absolute Gasteiger partial charge is 0.188 e. The second-order valence-electron chi connectivity index (χ2n) is 1.55. The molecule has 9 heavy (non-hydrogen) atoms. The number of aldehydes is 1. The van der Waals surface area contributed by atoms with E-state index < -0.39 is 6.10 Å². The average molecular weight is 124 g/mol. The Morgan fingerprint density at radius 3 is 3.00 bits per heavy atom. The van der Waals surface area contributed by atoms with Crippen molar-refractivity contribution in [3.63, 3.8) is 0 Å². The van der Waals surface area contributed by atoms with Crippen molar-refractivity contribution in [3.8, 4) is 0 Å². The summed E-state index contributed by atoms with van der Waals surface area (Å²) >= 11 is 0. The maximum atomic E-state index is 10.0. The fraction of sp³-hybridized carbons (Fsp3) is 0.167. The molecule has 0 amide bonds. The van der Waals surface area contributed by atoms with Crippen molar-refractivity contribution in [3.05, 3.63) is 17.9 Å². The lowest BCUT2D eigenvalue weighted by molar-refractivity contribution is -0.113. The van der Waals surface area contributed by atoms with Gasteiger partial charge in [-0.2, -0.15) is 0 Å². The van der Waals surface area contributed by atoms with Crippen LogP contribution in [0.25, 0.3) is 0 Å². The Morgan fingerprint density at radius 2 is 2.56 bits per heavy atom. The van der Waals surface area contributed by atoms with Gasteiger partial charge in [0.2, 0.25) is 0 Å². The topological polar surface area (TPSA) is 43.4 Å². The maximum Gasteiger partial charge on any atom is 0.188 e. The van der Waals surface area contributed by atoms with Crippen LogP contribution in [0.2, 0.25) is 0 Å². The van der Waals surface area contributed by atoms with Crippen LogP contribution in [0.1, 0.15) is 0 Å². The van der Waals surface area contributed by atoms with Crippen molar-refractivity contribution in [1.82, 2.24) is 0 Å². The highest BCUT2D eigenvalue weighted by molar-refractivity contribution is 5.73. The Labute approximate surface area is 51.6 Å². The summed E-state index contributed by atoms with van der Waals surface area (Å²) in [5.41, 5.74) is 0.255. The van der Waals surface area contributed by atoms with Gasteiger partial charge in [-0.05, 0) is 6.08 Å². The van der Waals surface area contributed by atoms with E-state index in [1.165, 1.54) is 12.3 Å². The number of ether oxygens (including phenoxy) is 1. The highest BCUT2D eigenvalue weighted by atomic mass is 16.5. The molecule has 0 spiro atoms. The van der Waals surface area contributed by atoms with Crippen LogP contribution in [-0.2, 0) is 14.3 Å². The predicted molar refractivity (Wildman–Crippen MR) is 29.3 cm³/mol. The summed E-state index contributed by atoms with van der Waals surface area (Å²) in [6, 6.07) is 0. The molecule has 0 radical (unpaired) electrons. The Bertz CT molecular complexity index is 198. The average Bonchev–Trinajstić information content (AvgIpc) is 2.33. The lowest BCUT2D eigenvalue weighted by Gasteiger charge is -1.97. The summed E-state index contributed by atoms with van der Waals surface area (Å²) in [5.74, 6) is 1.59. The van der Waals surface area contributed by atoms with Crippen molar-refractivity contribution in [2.45, 2.75) is 6.10 Å². The van der Waals surface area contributed by atoms with Crippen LogP contribution in [0.5, 0.6) is 0 Å². The van der Waals surface area contributed by atoms with Crippen molar-refractivity contribution in [2.75, 3.05) is 0 Å². The third-order valence-corrected chi connectivity index (χ3v) is 1.02. The maximum absolute atomic E-state index is 10.0. The molecular formula is C6H4O3. The van der Waals surface area contributed by atoms with Crippen molar-refractivity contribution in [2.24, 2.45) is 0 Å². The molecule has 0 aromatic heterocycles. The molecule has 0 aromatic carbocycles. The van der Waals surface area contributed by atoms with E-state index in [0.717, 1.165) is 0 Å². The largest absolute Gasteiger partial charge is 0.485 e. The van der Waals surface area contributed by atoms with E-state index in [1.54, 1.807) is 5.94 Å². The van der Waals surface area contributed by atoms with Gasteiger partial charge in [-0.3, -0.25) is 4.79 Å². The molecule has 0 aliphatic carbocycles. The monoisotopic (exact) mass is 124 g/mol. The molecule has 1 atom stereocenters. The van der Waals surface area contributed by atoms with E-state index in [9.17, 15) is 9.59 Å². The molecule has 0 aromatic rings. The van der Waals surface area contributed by atoms with Crippen LogP contribution in [0.3, 0.4) is 0 Å². The zero-order chi connectivity index (χ0) is 6.69. The van der Waals surface area contributed by atoms with Crippen LogP contribution >= 0.6 is 0 Å². The summed E-state index contributed by atoms with van der Waals surface area (Å²) in [6.07, 6.45) is 2.56. The van der Waals surface area contributed by atoms with Gasteiger partial charge in [0.1, 0.15) is 5.94 Å². The van der Waals surface area contributed by atoms with Crippen molar-refractivity contribution >= 4 is 12.2 Å². The first kappa shape index (κ1) is 5.79. The van der Waals surface area contributed by atoms with Gasteiger partial charge in [-0.1, -0.05) is 0 Å². The number of hydrogen-bond acceptors (Lipinski definition) is 3. The molecule has 3 heteroatoms. The fourth-order valence-electron chi connectivity index (χ4n) is 0.563. The zero-order valence-corrected chi connectivity index (χ0v) is 4.53. The Kier molecular flexibility index (Phi) is 1.47. The van der Waals surface area contributed by atoms with Gasteiger partial charge < -0.3 is 4.74 Å². The summed E-state index contributed by atoms with van der Waals surface area (Å²) in [7, 11) is 0. The fourth-order valence-corrected chi connectivity index (χ4v) is 0.563. The third-order valence-electron chi connectivity index (χ3n) is 1.02. The first-order chi connectivity index (χ1) is 4.38. The van der Waals surface area contributed by atoms with Gasteiger partial charge >= 0.3 is 0 Å². The number of rotatable bonds is 1. The summed E-state index contributed by atoms with van der Waals surface area (Å²) in [6.45, 7) is 0. The van der Waals surface area contributed by atoms with Crippen LogP contribution in [0, 0.1) is 0 Å².